The van der Waals surface area contributed by atoms with E-state index in [0.717, 1.165) is 42.4 Å². The highest BCUT2D eigenvalue weighted by atomic mass is 16.6. The molecule has 0 amide bonds. The maximum absolute atomic E-state index is 6.34. The van der Waals surface area contributed by atoms with Crippen LogP contribution in [0, 0.1) is 11.8 Å². The molecule has 2 heterocycles. The molecule has 3 atom stereocenters. The lowest BCUT2D eigenvalue weighted by Gasteiger charge is -2.17. The average Bonchev–Trinajstić information content (AvgIpc) is 3.18. The van der Waals surface area contributed by atoms with E-state index in [-0.39, 0.29) is 6.10 Å². The molecule has 6 N–H and O–H groups in total. The Labute approximate surface area is 209 Å². The molecule has 2 aliphatic carbocycles. The zero-order valence-corrected chi connectivity index (χ0v) is 21.4. The molecule has 1 aliphatic heterocycles. The van der Waals surface area contributed by atoms with Gasteiger partial charge in [-0.15, -0.1) is 0 Å². The molecule has 0 spiro atoms. The quantitative estimate of drug-likeness (QED) is 0.223. The van der Waals surface area contributed by atoms with Crippen LogP contribution in [0.15, 0.2) is 40.5 Å². The van der Waals surface area contributed by atoms with Crippen LogP contribution in [0.3, 0.4) is 0 Å². The lowest BCUT2D eigenvalue weighted by molar-refractivity contribution is 0.0869. The summed E-state index contributed by atoms with van der Waals surface area (Å²) >= 11 is 0. The first-order valence-corrected chi connectivity index (χ1v) is 13.2. The van der Waals surface area contributed by atoms with Gasteiger partial charge in [0.25, 0.3) is 0 Å². The van der Waals surface area contributed by atoms with Gasteiger partial charge in [0, 0.05) is 36.2 Å². The molecule has 0 saturated heterocycles. The lowest BCUT2D eigenvalue weighted by Crippen LogP contribution is -2.34. The Morgan fingerprint density at radius 2 is 2.17 bits per heavy atom. The van der Waals surface area contributed by atoms with Crippen molar-refractivity contribution < 1.29 is 4.84 Å². The summed E-state index contributed by atoms with van der Waals surface area (Å²) in [7, 11) is 0. The Balaban J connectivity index is 1.37. The van der Waals surface area contributed by atoms with E-state index in [4.69, 9.17) is 15.6 Å². The summed E-state index contributed by atoms with van der Waals surface area (Å²) in [6, 6.07) is 2.42. The summed E-state index contributed by atoms with van der Waals surface area (Å²) in [5.41, 5.74) is 8.60. The van der Waals surface area contributed by atoms with Gasteiger partial charge >= 0.3 is 0 Å². The van der Waals surface area contributed by atoms with Crippen molar-refractivity contribution in [2.75, 3.05) is 11.9 Å². The van der Waals surface area contributed by atoms with E-state index in [2.05, 4.69) is 58.7 Å². The lowest BCUT2D eigenvalue weighted by atomic mass is 10.0. The van der Waals surface area contributed by atoms with Crippen LogP contribution >= 0.6 is 0 Å². The smallest absolute Gasteiger partial charge is 0.153 e. The highest BCUT2D eigenvalue weighted by molar-refractivity contribution is 5.94. The molecule has 0 radical (unpaired) electrons. The fourth-order valence-electron chi connectivity index (χ4n) is 4.84. The van der Waals surface area contributed by atoms with Gasteiger partial charge < -0.3 is 26.5 Å². The first-order chi connectivity index (χ1) is 16.9. The zero-order valence-electron chi connectivity index (χ0n) is 21.4. The van der Waals surface area contributed by atoms with Gasteiger partial charge in [-0.1, -0.05) is 45.3 Å². The number of aromatic nitrogens is 2. The van der Waals surface area contributed by atoms with Crippen molar-refractivity contribution in [3.8, 4) is 0 Å². The number of nitrogens with zero attached hydrogens (tertiary/aromatic N) is 3. The number of nitrogens with one attached hydrogen (secondary N) is 4. The third-order valence-corrected chi connectivity index (χ3v) is 6.98. The summed E-state index contributed by atoms with van der Waals surface area (Å²) in [5.74, 6) is 4.25. The largest absolute Gasteiger partial charge is 0.390 e. The van der Waals surface area contributed by atoms with Crippen LogP contribution in [-0.4, -0.2) is 40.4 Å². The van der Waals surface area contributed by atoms with E-state index in [1.807, 2.05) is 12.1 Å². The molecule has 3 unspecified atom stereocenters. The second-order valence-corrected chi connectivity index (χ2v) is 10.5. The predicted molar refractivity (Wildman–Crippen MR) is 142 cm³/mol. The van der Waals surface area contributed by atoms with Crippen molar-refractivity contribution in [2.45, 2.75) is 90.2 Å². The Morgan fingerprint density at radius 3 is 2.89 bits per heavy atom. The molecule has 3 aliphatic rings. The van der Waals surface area contributed by atoms with Gasteiger partial charge in [0.05, 0.1) is 12.3 Å². The first-order valence-electron chi connectivity index (χ1n) is 13.2. The highest BCUT2D eigenvalue weighted by Crippen LogP contribution is 2.39. The molecule has 0 aromatic carbocycles. The molecule has 0 bridgehead atoms. The normalized spacial score (nSPS) is 24.9. The Bertz CT molecular complexity index is 958. The fourth-order valence-corrected chi connectivity index (χ4v) is 4.84. The van der Waals surface area contributed by atoms with E-state index < -0.39 is 0 Å². The third-order valence-electron chi connectivity index (χ3n) is 6.98. The number of hydrogen-bond acceptors (Lipinski definition) is 7. The fraction of sp³-hybridized carbons (Fsp3) is 0.654. The van der Waals surface area contributed by atoms with E-state index in [1.54, 1.807) is 0 Å². The molecule has 192 valence electrons. The van der Waals surface area contributed by atoms with Gasteiger partial charge in [-0.2, -0.15) is 5.10 Å². The van der Waals surface area contributed by atoms with Crippen molar-refractivity contribution in [2.24, 2.45) is 27.7 Å². The van der Waals surface area contributed by atoms with Gasteiger partial charge in [0.1, 0.15) is 23.6 Å². The molecule has 2 fully saturated rings. The van der Waals surface area contributed by atoms with E-state index in [9.17, 15) is 0 Å². The molecular formula is C26H42N8O. The Kier molecular flexibility index (Phi) is 8.36. The minimum absolute atomic E-state index is 0.00278. The van der Waals surface area contributed by atoms with Crippen LogP contribution in [0.25, 0.3) is 0 Å². The van der Waals surface area contributed by atoms with Crippen LogP contribution in [0.5, 0.6) is 0 Å². The standard InChI is InChI=1S/C26H42N8O/c1-5-6-18-7-10-20(11-18)30-25(14-24(27)31-26-13-23(32-33-26)19-8-9-19)29-17(4)28-15-21-12-22(16(2)3)34-35-21/h13-14,16,18-21,28H,4-12,15,27H2,1-3H3,(H,29,30)(H2,31,32,33)/b24-14+. The van der Waals surface area contributed by atoms with Crippen LogP contribution in [0.2, 0.25) is 0 Å². The Morgan fingerprint density at radius 1 is 1.34 bits per heavy atom. The van der Waals surface area contributed by atoms with Crippen molar-refractivity contribution in [3.63, 3.8) is 0 Å². The summed E-state index contributed by atoms with van der Waals surface area (Å²) in [4.78, 5) is 10.3. The number of anilines is 1. The second kappa shape index (κ2) is 11.6. The number of H-pyrrole nitrogens is 1. The molecule has 9 nitrogen and oxygen atoms in total. The van der Waals surface area contributed by atoms with Crippen molar-refractivity contribution in [3.05, 3.63) is 36.1 Å². The van der Waals surface area contributed by atoms with Gasteiger partial charge in [-0.3, -0.25) is 5.10 Å². The summed E-state index contributed by atoms with van der Waals surface area (Å²) in [6.07, 6.45) is 11.2. The average molecular weight is 483 g/mol. The number of amidine groups is 1. The van der Waals surface area contributed by atoms with Crippen LogP contribution in [0.4, 0.5) is 5.82 Å². The van der Waals surface area contributed by atoms with Gasteiger partial charge in [-0.25, -0.2) is 4.99 Å². The number of hydrogen-bond donors (Lipinski definition) is 5. The summed E-state index contributed by atoms with van der Waals surface area (Å²) in [6.45, 7) is 11.2. The summed E-state index contributed by atoms with van der Waals surface area (Å²) in [5, 5.41) is 21.7. The van der Waals surface area contributed by atoms with E-state index >= 15 is 0 Å². The number of aromatic amines is 1. The van der Waals surface area contributed by atoms with Crippen LogP contribution in [0.1, 0.15) is 83.7 Å². The second-order valence-electron chi connectivity index (χ2n) is 10.5. The van der Waals surface area contributed by atoms with Gasteiger partial charge in [-0.05, 0) is 43.9 Å². The van der Waals surface area contributed by atoms with Crippen LogP contribution in [-0.2, 0) is 4.84 Å². The number of aliphatic imine (C=N–C) groups is 1. The van der Waals surface area contributed by atoms with E-state index in [0.29, 0.717) is 41.9 Å². The van der Waals surface area contributed by atoms with Crippen molar-refractivity contribution in [1.29, 1.82) is 0 Å². The van der Waals surface area contributed by atoms with Gasteiger partial charge in [0.15, 0.2) is 5.82 Å². The number of rotatable bonds is 12. The molecule has 9 heteroatoms. The molecule has 1 aromatic rings. The van der Waals surface area contributed by atoms with Crippen LogP contribution < -0.4 is 21.7 Å². The third kappa shape index (κ3) is 7.50. The van der Waals surface area contributed by atoms with Gasteiger partial charge in [0.2, 0.25) is 0 Å². The highest BCUT2D eigenvalue weighted by Gasteiger charge is 2.26. The van der Waals surface area contributed by atoms with Crippen molar-refractivity contribution >= 4 is 17.4 Å². The maximum atomic E-state index is 6.34. The predicted octanol–water partition coefficient (Wildman–Crippen LogP) is 4.32. The minimum Gasteiger partial charge on any atom is -0.390 e. The minimum atomic E-state index is 0.00278. The molecule has 4 rings (SSSR count). The SMILES string of the molecule is C=C(/N=C(\C=C(/N)Nc1cc(C2CC2)[nH]n1)NC1CCC(CCC)C1)NCC1CC(C(C)C)=NO1. The number of nitrogens with two attached hydrogens (primary N) is 1. The number of oxime groups is 1. The maximum Gasteiger partial charge on any atom is 0.153 e. The first kappa shape index (κ1) is 25.1. The van der Waals surface area contributed by atoms with E-state index in [1.165, 1.54) is 32.1 Å². The molecule has 35 heavy (non-hydrogen) atoms. The molecule has 2 saturated carbocycles. The molecular weight excluding hydrogens is 440 g/mol. The zero-order chi connectivity index (χ0) is 24.8. The monoisotopic (exact) mass is 482 g/mol. The van der Waals surface area contributed by atoms with Crippen molar-refractivity contribution in [1.82, 2.24) is 20.8 Å². The Hall–Kier alpha value is -2.97. The summed E-state index contributed by atoms with van der Waals surface area (Å²) < 4.78 is 0. The topological polar surface area (TPSA) is 125 Å². The molecule has 1 aromatic heterocycles.